The zero-order valence-corrected chi connectivity index (χ0v) is 11.0. The van der Waals surface area contributed by atoms with Crippen molar-refractivity contribution >= 4 is 11.4 Å². The summed E-state index contributed by atoms with van der Waals surface area (Å²) in [6.07, 6.45) is 0. The SMILES string of the molecule is COCC(C)(C)Nc1cc(OC(F)F)c(F)cc1N. The molecule has 0 unspecified atom stereocenters. The van der Waals surface area contributed by atoms with Crippen LogP contribution in [-0.4, -0.2) is 25.9 Å². The Morgan fingerprint density at radius 2 is 2.00 bits per heavy atom. The first-order chi connectivity index (χ1) is 8.75. The zero-order valence-electron chi connectivity index (χ0n) is 11.0. The lowest BCUT2D eigenvalue weighted by Crippen LogP contribution is -2.36. The quantitative estimate of drug-likeness (QED) is 0.786. The van der Waals surface area contributed by atoms with Crippen molar-refractivity contribution in [1.82, 2.24) is 0 Å². The first-order valence-corrected chi connectivity index (χ1v) is 5.56. The molecule has 1 aromatic rings. The van der Waals surface area contributed by atoms with Gasteiger partial charge in [-0.15, -0.1) is 0 Å². The fourth-order valence-electron chi connectivity index (χ4n) is 1.62. The third-order valence-corrected chi connectivity index (χ3v) is 2.30. The highest BCUT2D eigenvalue weighted by atomic mass is 19.3. The molecule has 0 saturated carbocycles. The van der Waals surface area contributed by atoms with Gasteiger partial charge >= 0.3 is 6.61 Å². The Hall–Kier alpha value is -1.63. The molecule has 3 N–H and O–H groups in total. The molecule has 0 aliphatic carbocycles. The van der Waals surface area contributed by atoms with Gasteiger partial charge in [-0.1, -0.05) is 0 Å². The van der Waals surface area contributed by atoms with Crippen LogP contribution in [0.3, 0.4) is 0 Å². The topological polar surface area (TPSA) is 56.5 Å². The normalized spacial score (nSPS) is 11.7. The van der Waals surface area contributed by atoms with E-state index in [4.69, 9.17) is 10.5 Å². The van der Waals surface area contributed by atoms with Gasteiger partial charge in [0.05, 0.1) is 23.5 Å². The first kappa shape index (κ1) is 15.4. The van der Waals surface area contributed by atoms with Crippen molar-refractivity contribution in [2.24, 2.45) is 0 Å². The fraction of sp³-hybridized carbons (Fsp3) is 0.500. The van der Waals surface area contributed by atoms with Crippen molar-refractivity contribution in [3.63, 3.8) is 0 Å². The van der Waals surface area contributed by atoms with Crippen LogP contribution in [0.2, 0.25) is 0 Å². The van der Waals surface area contributed by atoms with E-state index in [1.807, 2.05) is 13.8 Å². The standard InChI is InChI=1S/C12H17F3N2O2/c1-12(2,6-18-3)17-9-5-10(19-11(14)15)7(13)4-8(9)16/h4-5,11,17H,6,16H2,1-3H3. The number of anilines is 2. The van der Waals surface area contributed by atoms with E-state index in [-0.39, 0.29) is 5.69 Å². The highest BCUT2D eigenvalue weighted by molar-refractivity contribution is 5.69. The summed E-state index contributed by atoms with van der Waals surface area (Å²) >= 11 is 0. The largest absolute Gasteiger partial charge is 0.432 e. The van der Waals surface area contributed by atoms with E-state index in [0.29, 0.717) is 12.3 Å². The number of benzene rings is 1. The van der Waals surface area contributed by atoms with Crippen LogP contribution in [0.4, 0.5) is 24.5 Å². The number of nitrogens with one attached hydrogen (secondary N) is 1. The lowest BCUT2D eigenvalue weighted by Gasteiger charge is -2.27. The molecule has 0 fully saturated rings. The molecule has 0 amide bonds. The summed E-state index contributed by atoms with van der Waals surface area (Å²) in [6.45, 7) is 0.910. The highest BCUT2D eigenvalue weighted by Crippen LogP contribution is 2.31. The molecular formula is C12H17F3N2O2. The number of ether oxygens (including phenoxy) is 2. The van der Waals surface area contributed by atoms with Crippen LogP contribution in [0.1, 0.15) is 13.8 Å². The van der Waals surface area contributed by atoms with E-state index in [1.54, 1.807) is 0 Å². The van der Waals surface area contributed by atoms with Gasteiger partial charge in [-0.2, -0.15) is 8.78 Å². The smallest absolute Gasteiger partial charge is 0.387 e. The summed E-state index contributed by atoms with van der Waals surface area (Å²) in [7, 11) is 1.53. The van der Waals surface area contributed by atoms with Gasteiger partial charge in [-0.05, 0) is 13.8 Å². The van der Waals surface area contributed by atoms with Gasteiger partial charge in [-0.25, -0.2) is 4.39 Å². The van der Waals surface area contributed by atoms with Gasteiger partial charge < -0.3 is 20.5 Å². The number of nitrogens with two attached hydrogens (primary N) is 1. The lowest BCUT2D eigenvalue weighted by molar-refractivity contribution is -0.0521. The van der Waals surface area contributed by atoms with Gasteiger partial charge in [0.2, 0.25) is 0 Å². The molecule has 0 aromatic heterocycles. The van der Waals surface area contributed by atoms with Gasteiger partial charge in [0.25, 0.3) is 0 Å². The Labute approximate surface area is 109 Å². The predicted molar refractivity (Wildman–Crippen MR) is 67.0 cm³/mol. The van der Waals surface area contributed by atoms with Crippen LogP contribution in [0.25, 0.3) is 0 Å². The molecule has 7 heteroatoms. The summed E-state index contributed by atoms with van der Waals surface area (Å²) in [5.74, 6) is -1.49. The molecule has 0 aliphatic rings. The molecule has 0 radical (unpaired) electrons. The first-order valence-electron chi connectivity index (χ1n) is 5.56. The number of rotatable bonds is 6. The van der Waals surface area contributed by atoms with E-state index in [0.717, 1.165) is 12.1 Å². The number of hydrogen-bond acceptors (Lipinski definition) is 4. The average molecular weight is 278 g/mol. The third-order valence-electron chi connectivity index (χ3n) is 2.30. The second-order valence-corrected chi connectivity index (χ2v) is 4.69. The summed E-state index contributed by atoms with van der Waals surface area (Å²) in [5.41, 5.74) is 5.55. The number of hydrogen-bond donors (Lipinski definition) is 2. The molecule has 0 heterocycles. The van der Waals surface area contributed by atoms with Crippen molar-refractivity contribution in [2.45, 2.75) is 26.0 Å². The molecule has 0 spiro atoms. The molecule has 19 heavy (non-hydrogen) atoms. The van der Waals surface area contributed by atoms with Crippen molar-refractivity contribution in [3.8, 4) is 5.75 Å². The van der Waals surface area contributed by atoms with Crippen LogP contribution >= 0.6 is 0 Å². The maximum atomic E-state index is 13.4. The van der Waals surface area contributed by atoms with Gasteiger partial charge in [0.1, 0.15) is 0 Å². The molecule has 0 saturated heterocycles. The van der Waals surface area contributed by atoms with Crippen molar-refractivity contribution in [2.75, 3.05) is 24.8 Å². The zero-order chi connectivity index (χ0) is 14.6. The minimum Gasteiger partial charge on any atom is -0.432 e. The van der Waals surface area contributed by atoms with E-state index in [1.165, 1.54) is 7.11 Å². The van der Waals surface area contributed by atoms with Crippen molar-refractivity contribution in [3.05, 3.63) is 17.9 Å². The van der Waals surface area contributed by atoms with Crippen LogP contribution in [-0.2, 0) is 4.74 Å². The van der Waals surface area contributed by atoms with E-state index in [2.05, 4.69) is 10.1 Å². The van der Waals surface area contributed by atoms with Gasteiger partial charge in [-0.3, -0.25) is 0 Å². The van der Waals surface area contributed by atoms with Crippen LogP contribution in [0.15, 0.2) is 12.1 Å². The maximum Gasteiger partial charge on any atom is 0.387 e. The summed E-state index contributed by atoms with van der Waals surface area (Å²) in [5, 5.41) is 2.99. The van der Waals surface area contributed by atoms with Crippen LogP contribution in [0.5, 0.6) is 5.75 Å². The van der Waals surface area contributed by atoms with E-state index >= 15 is 0 Å². The molecule has 108 valence electrons. The number of methoxy groups -OCH3 is 1. The van der Waals surface area contributed by atoms with E-state index < -0.39 is 23.7 Å². The number of nitrogen functional groups attached to an aromatic ring is 1. The monoisotopic (exact) mass is 278 g/mol. The maximum absolute atomic E-state index is 13.4. The second-order valence-electron chi connectivity index (χ2n) is 4.69. The Morgan fingerprint density at radius 1 is 1.37 bits per heavy atom. The van der Waals surface area contributed by atoms with Gasteiger partial charge in [0.15, 0.2) is 11.6 Å². The number of alkyl halides is 2. The Kier molecular flexibility index (Phi) is 4.88. The summed E-state index contributed by atoms with van der Waals surface area (Å²) in [6, 6.07) is 2.04. The minimum atomic E-state index is -3.10. The third kappa shape index (κ3) is 4.51. The minimum absolute atomic E-state index is 0.100. The lowest BCUT2D eigenvalue weighted by atomic mass is 10.1. The fourth-order valence-corrected chi connectivity index (χ4v) is 1.62. The van der Waals surface area contributed by atoms with E-state index in [9.17, 15) is 13.2 Å². The van der Waals surface area contributed by atoms with Gasteiger partial charge in [0, 0.05) is 19.2 Å². The Bertz CT molecular complexity index is 439. The predicted octanol–water partition coefficient (Wildman–Crippen LogP) is 2.85. The van der Waals surface area contributed by atoms with Crippen molar-refractivity contribution in [1.29, 1.82) is 0 Å². The summed E-state index contributed by atoms with van der Waals surface area (Å²) < 4.78 is 46.7. The van der Waals surface area contributed by atoms with Crippen LogP contribution < -0.4 is 15.8 Å². The molecule has 0 bridgehead atoms. The summed E-state index contributed by atoms with van der Waals surface area (Å²) in [4.78, 5) is 0. The highest BCUT2D eigenvalue weighted by Gasteiger charge is 2.20. The average Bonchev–Trinajstić information content (AvgIpc) is 2.23. The van der Waals surface area contributed by atoms with Crippen LogP contribution in [0, 0.1) is 5.82 Å². The molecule has 4 nitrogen and oxygen atoms in total. The Morgan fingerprint density at radius 3 is 2.53 bits per heavy atom. The van der Waals surface area contributed by atoms with Crippen molar-refractivity contribution < 1.29 is 22.6 Å². The molecular weight excluding hydrogens is 261 g/mol. The number of halogens is 3. The molecule has 0 aliphatic heterocycles. The molecule has 1 aromatic carbocycles. The molecule has 0 atom stereocenters. The second kappa shape index (κ2) is 6.01. The Balaban J connectivity index is 3.00. The molecule has 1 rings (SSSR count).